The van der Waals surface area contributed by atoms with E-state index in [4.69, 9.17) is 9.47 Å². The number of hydrogen-bond donors (Lipinski definition) is 1. The first-order chi connectivity index (χ1) is 18.3. The number of nitrogens with zero attached hydrogens (tertiary/aromatic N) is 1. The van der Waals surface area contributed by atoms with Gasteiger partial charge in [0.1, 0.15) is 13.2 Å². The molecule has 10 heteroatoms. The highest BCUT2D eigenvalue weighted by atomic mass is 32.1. The van der Waals surface area contributed by atoms with Crippen molar-refractivity contribution in [3.05, 3.63) is 46.0 Å². The van der Waals surface area contributed by atoms with Gasteiger partial charge < -0.3 is 14.8 Å². The molecule has 0 aliphatic heterocycles. The van der Waals surface area contributed by atoms with E-state index in [2.05, 4.69) is 43.2 Å². The minimum Gasteiger partial charge on any atom is -0.460 e. The van der Waals surface area contributed by atoms with Gasteiger partial charge in [0.2, 0.25) is 0 Å². The molecule has 1 N–H and O–H groups in total. The second-order valence-electron chi connectivity index (χ2n) is 14.4. The Morgan fingerprint density at radius 2 is 1.20 bits per heavy atom. The largest absolute Gasteiger partial charge is 0.460 e. The number of thiazole rings is 1. The zero-order valence-electron chi connectivity index (χ0n) is 26.6. The number of nitrogens with one attached hydrogen (secondary N) is 1. The van der Waals surface area contributed by atoms with Crippen LogP contribution in [0.4, 0.5) is 18.3 Å². The molecule has 0 fully saturated rings. The minimum atomic E-state index is -4.59. The van der Waals surface area contributed by atoms with Crippen LogP contribution in [-0.4, -0.2) is 22.5 Å². The number of alkyl halides is 3. The molecule has 0 radical (unpaired) electrons. The number of halogens is 3. The van der Waals surface area contributed by atoms with E-state index in [0.717, 1.165) is 23.3 Å². The van der Waals surface area contributed by atoms with Crippen molar-refractivity contribution in [1.82, 2.24) is 4.98 Å². The van der Waals surface area contributed by atoms with Crippen molar-refractivity contribution in [3.8, 4) is 0 Å². The monoisotopic (exact) mass is 600 g/mol. The molecule has 0 unspecified atom stereocenters. The van der Waals surface area contributed by atoms with Crippen molar-refractivity contribution in [2.45, 2.75) is 114 Å². The summed E-state index contributed by atoms with van der Waals surface area (Å²) in [4.78, 5) is 26.9. The van der Waals surface area contributed by atoms with Crippen LogP contribution in [0.2, 0.25) is 0 Å². The second-order valence-corrected chi connectivity index (χ2v) is 15.5. The number of ether oxygens (including phenoxy) is 2. The van der Waals surface area contributed by atoms with Gasteiger partial charge in [0, 0.05) is 5.54 Å². The summed E-state index contributed by atoms with van der Waals surface area (Å²) in [6, 6.07) is 8.31. The predicted octanol–water partition coefficient (Wildman–Crippen LogP) is 8.83. The topological polar surface area (TPSA) is 77.5 Å². The maximum Gasteiger partial charge on any atom is 0.434 e. The molecular weight excluding hydrogens is 553 g/mol. The summed E-state index contributed by atoms with van der Waals surface area (Å²) in [5.41, 5.74) is 0.0156. The SMILES string of the molecule is CC(C)(C)Cc1ccc(COC(=O)C(C)(C)C)cc1.CC(C)(C)Nc1nc(C(F)(F)F)c(COC(=O)C(C)(C)C)s1. The molecule has 6 nitrogen and oxygen atoms in total. The van der Waals surface area contributed by atoms with Crippen molar-refractivity contribution in [2.75, 3.05) is 5.32 Å². The summed E-state index contributed by atoms with van der Waals surface area (Å²) < 4.78 is 49.4. The zero-order chi connectivity index (χ0) is 32.0. The number of hydrogen-bond acceptors (Lipinski definition) is 7. The van der Waals surface area contributed by atoms with E-state index in [0.29, 0.717) is 12.0 Å². The van der Waals surface area contributed by atoms with Crippen LogP contribution in [0.1, 0.15) is 105 Å². The van der Waals surface area contributed by atoms with E-state index < -0.39 is 40.8 Å². The van der Waals surface area contributed by atoms with Crippen LogP contribution < -0.4 is 5.32 Å². The molecule has 0 saturated carbocycles. The third-order valence-corrected chi connectivity index (χ3v) is 6.08. The van der Waals surface area contributed by atoms with Gasteiger partial charge in [0.05, 0.1) is 15.7 Å². The molecule has 0 spiro atoms. The number of rotatable bonds is 6. The first-order valence-electron chi connectivity index (χ1n) is 13.6. The minimum absolute atomic E-state index is 0.114. The molecule has 2 rings (SSSR count). The Kier molecular flexibility index (Phi) is 12.0. The lowest BCUT2D eigenvalue weighted by Gasteiger charge is -2.19. The van der Waals surface area contributed by atoms with Crippen molar-refractivity contribution in [1.29, 1.82) is 0 Å². The van der Waals surface area contributed by atoms with Crippen molar-refractivity contribution >= 4 is 28.4 Å². The number of carbonyl (C=O) groups is 2. The normalized spacial score (nSPS) is 12.8. The summed E-state index contributed by atoms with van der Waals surface area (Å²) in [6.07, 6.45) is -3.53. The van der Waals surface area contributed by atoms with Crippen LogP contribution in [0.5, 0.6) is 0 Å². The average Bonchev–Trinajstić information content (AvgIpc) is 3.16. The number of carbonyl (C=O) groups excluding carboxylic acids is 2. The third kappa shape index (κ3) is 14.2. The van der Waals surface area contributed by atoms with Crippen LogP contribution in [0, 0.1) is 16.2 Å². The Morgan fingerprint density at radius 1 is 0.756 bits per heavy atom. The molecule has 0 atom stereocenters. The lowest BCUT2D eigenvalue weighted by Crippen LogP contribution is -2.26. The van der Waals surface area contributed by atoms with Crippen molar-refractivity contribution in [2.24, 2.45) is 16.2 Å². The van der Waals surface area contributed by atoms with E-state index in [1.807, 2.05) is 53.7 Å². The standard InChI is InChI=1S/C17H26O2.C14H21F3N2O2S/c1-16(2,3)11-13-7-9-14(10-8-13)12-19-15(18)17(4,5)6;1-12(2,3)10(20)21-7-8-9(14(15,16)17)18-11(22-8)19-13(4,5)6/h7-10H,11-12H2,1-6H3;7H2,1-6H3,(H,18,19). The maximum atomic E-state index is 13.0. The van der Waals surface area contributed by atoms with Gasteiger partial charge in [-0.25, -0.2) is 4.98 Å². The highest BCUT2D eigenvalue weighted by molar-refractivity contribution is 7.15. The average molecular weight is 601 g/mol. The molecule has 0 aliphatic rings. The molecule has 1 aromatic heterocycles. The Bertz CT molecular complexity index is 1140. The number of benzene rings is 1. The lowest BCUT2D eigenvalue weighted by atomic mass is 9.88. The molecule has 0 amide bonds. The quantitative estimate of drug-likeness (QED) is 0.334. The second kappa shape index (κ2) is 13.6. The smallest absolute Gasteiger partial charge is 0.434 e. The fourth-order valence-electron chi connectivity index (χ4n) is 3.12. The van der Waals surface area contributed by atoms with Crippen LogP contribution in [0.15, 0.2) is 24.3 Å². The molecule has 0 bridgehead atoms. The zero-order valence-corrected chi connectivity index (χ0v) is 27.4. The van der Waals surface area contributed by atoms with Crippen molar-refractivity contribution in [3.63, 3.8) is 0 Å². The molecule has 41 heavy (non-hydrogen) atoms. The summed E-state index contributed by atoms with van der Waals surface area (Å²) in [5.74, 6) is -0.717. The van der Waals surface area contributed by atoms with Crippen LogP contribution >= 0.6 is 11.3 Å². The molecular formula is C31H47F3N2O4S. The summed E-state index contributed by atoms with van der Waals surface area (Å²) in [5, 5.41) is 3.05. The number of anilines is 1. The van der Waals surface area contributed by atoms with Crippen LogP contribution in [0.3, 0.4) is 0 Å². The van der Waals surface area contributed by atoms with Crippen molar-refractivity contribution < 1.29 is 32.2 Å². The Balaban J connectivity index is 0.000000414. The maximum absolute atomic E-state index is 13.0. The Morgan fingerprint density at radius 3 is 1.59 bits per heavy atom. The van der Waals surface area contributed by atoms with E-state index in [1.54, 1.807) is 20.8 Å². The van der Waals surface area contributed by atoms with Gasteiger partial charge in [-0.15, -0.1) is 0 Å². The van der Waals surface area contributed by atoms with E-state index in [-0.39, 0.29) is 16.0 Å². The van der Waals surface area contributed by atoms with E-state index in [9.17, 15) is 22.8 Å². The summed E-state index contributed by atoms with van der Waals surface area (Å²) in [6.45, 7) is 22.6. The Hall–Kier alpha value is -2.62. The van der Waals surface area contributed by atoms with E-state index >= 15 is 0 Å². The predicted molar refractivity (Wildman–Crippen MR) is 159 cm³/mol. The van der Waals surface area contributed by atoms with Gasteiger partial charge in [-0.1, -0.05) is 56.4 Å². The number of aromatic nitrogens is 1. The van der Waals surface area contributed by atoms with Gasteiger partial charge in [0.25, 0.3) is 0 Å². The molecule has 0 saturated heterocycles. The van der Waals surface area contributed by atoms with Gasteiger partial charge in [-0.05, 0) is 85.3 Å². The van der Waals surface area contributed by atoms with Gasteiger partial charge >= 0.3 is 18.1 Å². The molecule has 2 aromatic rings. The highest BCUT2D eigenvalue weighted by Crippen LogP contribution is 2.37. The fourth-order valence-corrected chi connectivity index (χ4v) is 4.23. The summed E-state index contributed by atoms with van der Waals surface area (Å²) >= 11 is 0.846. The van der Waals surface area contributed by atoms with Gasteiger partial charge in [-0.3, -0.25) is 9.59 Å². The summed E-state index contributed by atoms with van der Waals surface area (Å²) in [7, 11) is 0. The van der Waals surface area contributed by atoms with Crippen LogP contribution in [-0.2, 0) is 44.9 Å². The third-order valence-electron chi connectivity index (χ3n) is 5.13. The fraction of sp³-hybridized carbons (Fsp3) is 0.645. The van der Waals surface area contributed by atoms with Gasteiger partial charge in [0.15, 0.2) is 10.8 Å². The van der Waals surface area contributed by atoms with Gasteiger partial charge in [-0.2, -0.15) is 13.2 Å². The molecule has 0 aliphatic carbocycles. The highest BCUT2D eigenvalue weighted by Gasteiger charge is 2.38. The Labute approximate surface area is 247 Å². The number of esters is 2. The first kappa shape index (κ1) is 36.4. The lowest BCUT2D eigenvalue weighted by molar-refractivity contribution is -0.156. The molecule has 1 aromatic carbocycles. The molecule has 1 heterocycles. The van der Waals surface area contributed by atoms with E-state index in [1.165, 1.54) is 5.56 Å². The molecule has 232 valence electrons. The van der Waals surface area contributed by atoms with Crippen LogP contribution in [0.25, 0.3) is 0 Å². The first-order valence-corrected chi connectivity index (χ1v) is 14.4.